The molecule has 2 aromatic carbocycles. The predicted molar refractivity (Wildman–Crippen MR) is 153 cm³/mol. The lowest BCUT2D eigenvalue weighted by atomic mass is 9.95. The van der Waals surface area contributed by atoms with Gasteiger partial charge in [-0.05, 0) is 57.4 Å². The molecule has 2 aromatic heterocycles. The summed E-state index contributed by atoms with van der Waals surface area (Å²) in [6, 6.07) is 12.1. The maximum atomic E-state index is 12.9. The summed E-state index contributed by atoms with van der Waals surface area (Å²) in [5, 5.41) is 29.7. The molecule has 39 heavy (non-hydrogen) atoms. The van der Waals surface area contributed by atoms with Crippen molar-refractivity contribution in [2.24, 2.45) is 5.41 Å². The quantitative estimate of drug-likeness (QED) is 0.255. The molecular weight excluding hydrogens is 556 g/mol. The molecule has 4 aromatic rings. The number of nitrogens with one attached hydrogen (secondary N) is 3. The van der Waals surface area contributed by atoms with Crippen molar-refractivity contribution in [2.45, 2.75) is 52.2 Å². The number of pyridine rings is 1. The van der Waals surface area contributed by atoms with E-state index in [9.17, 15) is 10.1 Å². The second kappa shape index (κ2) is 9.65. The van der Waals surface area contributed by atoms with Gasteiger partial charge in [0.1, 0.15) is 11.8 Å². The number of halogens is 1. The molecule has 3 heterocycles. The summed E-state index contributed by atoms with van der Waals surface area (Å²) in [5.41, 5.74) is 6.03. The van der Waals surface area contributed by atoms with Gasteiger partial charge in [0.15, 0.2) is 0 Å². The van der Waals surface area contributed by atoms with Crippen LogP contribution in [0, 0.1) is 16.7 Å². The van der Waals surface area contributed by atoms with E-state index in [1.54, 1.807) is 6.20 Å². The predicted octanol–water partition coefficient (Wildman–Crippen LogP) is 5.70. The minimum Gasteiger partial charge on any atom is -0.383 e. The molecule has 1 atom stereocenters. The lowest BCUT2D eigenvalue weighted by Crippen LogP contribution is -2.20. The van der Waals surface area contributed by atoms with Crippen LogP contribution in [-0.4, -0.2) is 32.4 Å². The molecule has 198 valence electrons. The molecule has 0 radical (unpaired) electrons. The highest BCUT2D eigenvalue weighted by Gasteiger charge is 2.31. The molecule has 2 aliphatic rings. The van der Waals surface area contributed by atoms with E-state index in [4.69, 9.17) is 0 Å². The van der Waals surface area contributed by atoms with Crippen LogP contribution in [0.3, 0.4) is 0 Å². The number of hydrogen-bond donors (Lipinski definition) is 3. The van der Waals surface area contributed by atoms with Crippen molar-refractivity contribution in [3.63, 3.8) is 0 Å². The maximum absolute atomic E-state index is 12.9. The molecular formula is C29H29BrN8O. The van der Waals surface area contributed by atoms with Crippen LogP contribution in [-0.2, 0) is 6.54 Å². The Morgan fingerprint density at radius 1 is 1.28 bits per heavy atom. The molecule has 3 N–H and O–H groups in total. The van der Waals surface area contributed by atoms with E-state index in [-0.39, 0.29) is 11.3 Å². The number of amides is 1. The smallest absolute Gasteiger partial charge is 0.252 e. The molecule has 0 saturated heterocycles. The first-order chi connectivity index (χ1) is 18.7. The molecule has 1 aliphatic carbocycles. The average Bonchev–Trinajstić information content (AvgIpc) is 3.52. The fourth-order valence-corrected chi connectivity index (χ4v) is 5.50. The second-order valence-corrected chi connectivity index (χ2v) is 12.3. The normalized spacial score (nSPS) is 15.5. The Balaban J connectivity index is 1.46. The van der Waals surface area contributed by atoms with Crippen molar-refractivity contribution in [3.8, 4) is 6.07 Å². The van der Waals surface area contributed by atoms with Gasteiger partial charge in [-0.15, -0.1) is 5.10 Å². The van der Waals surface area contributed by atoms with Crippen LogP contribution in [0.25, 0.3) is 10.9 Å². The average molecular weight is 586 g/mol. The summed E-state index contributed by atoms with van der Waals surface area (Å²) in [6.45, 7) is 7.63. The summed E-state index contributed by atoms with van der Waals surface area (Å²) in [7, 11) is 0. The molecule has 1 fully saturated rings. The van der Waals surface area contributed by atoms with Gasteiger partial charge in [-0.3, -0.25) is 9.78 Å². The van der Waals surface area contributed by atoms with Crippen molar-refractivity contribution in [1.82, 2.24) is 25.3 Å². The number of rotatable bonds is 7. The number of fused-ring (bicyclic) bond motifs is 2. The Morgan fingerprint density at radius 2 is 2.10 bits per heavy atom. The van der Waals surface area contributed by atoms with Crippen LogP contribution in [0.15, 0.2) is 47.2 Å². The summed E-state index contributed by atoms with van der Waals surface area (Å²) >= 11 is 3.70. The fourth-order valence-electron chi connectivity index (χ4n) is 4.94. The monoisotopic (exact) mass is 584 g/mol. The third-order valence-electron chi connectivity index (χ3n) is 7.06. The fraction of sp³-hybridized carbons (Fsp3) is 0.345. The van der Waals surface area contributed by atoms with E-state index in [0.717, 1.165) is 56.4 Å². The van der Waals surface area contributed by atoms with E-state index in [2.05, 4.69) is 74.0 Å². The maximum Gasteiger partial charge on any atom is 0.252 e. The van der Waals surface area contributed by atoms with E-state index >= 15 is 0 Å². The summed E-state index contributed by atoms with van der Waals surface area (Å²) in [5.74, 6) is -0.0850. The lowest BCUT2D eigenvalue weighted by molar-refractivity contribution is 0.0965. The number of aromatic nitrogens is 4. The molecule has 0 bridgehead atoms. The Kier molecular flexibility index (Phi) is 6.26. The Morgan fingerprint density at radius 3 is 2.85 bits per heavy atom. The van der Waals surface area contributed by atoms with Gasteiger partial charge in [0.2, 0.25) is 0 Å². The summed E-state index contributed by atoms with van der Waals surface area (Å²) in [4.78, 5) is 17.4. The zero-order valence-corrected chi connectivity index (χ0v) is 23.6. The minimum absolute atomic E-state index is 0.0160. The number of hydrogen-bond acceptors (Lipinski definition) is 7. The van der Waals surface area contributed by atoms with E-state index < -0.39 is 6.04 Å². The highest BCUT2D eigenvalue weighted by molar-refractivity contribution is 9.10. The van der Waals surface area contributed by atoms with Crippen molar-refractivity contribution >= 4 is 44.1 Å². The van der Waals surface area contributed by atoms with Gasteiger partial charge in [0, 0.05) is 40.4 Å². The number of carbonyl (C=O) groups is 1. The topological polar surface area (TPSA) is 121 Å². The van der Waals surface area contributed by atoms with E-state index in [0.29, 0.717) is 30.3 Å². The number of nitrogens with zero attached hydrogens (tertiary/aromatic N) is 5. The van der Waals surface area contributed by atoms with E-state index in [1.807, 2.05) is 41.2 Å². The highest BCUT2D eigenvalue weighted by atomic mass is 79.9. The second-order valence-electron chi connectivity index (χ2n) is 11.4. The molecule has 1 saturated carbocycles. The highest BCUT2D eigenvalue weighted by Crippen LogP contribution is 2.38. The van der Waals surface area contributed by atoms with Gasteiger partial charge < -0.3 is 16.0 Å². The Bertz CT molecular complexity index is 1640. The van der Waals surface area contributed by atoms with Gasteiger partial charge in [-0.2, -0.15) is 5.26 Å². The largest absolute Gasteiger partial charge is 0.383 e. The first-order valence-electron chi connectivity index (χ1n) is 13.1. The molecule has 9 nitrogen and oxygen atoms in total. The molecule has 0 spiro atoms. The van der Waals surface area contributed by atoms with Crippen LogP contribution >= 0.6 is 15.9 Å². The van der Waals surface area contributed by atoms with Gasteiger partial charge in [-0.1, -0.05) is 44.2 Å². The zero-order valence-electron chi connectivity index (χ0n) is 22.0. The van der Waals surface area contributed by atoms with Crippen LogP contribution in [0.2, 0.25) is 0 Å². The van der Waals surface area contributed by atoms with Gasteiger partial charge in [0.05, 0.1) is 35.0 Å². The third-order valence-corrected chi connectivity index (χ3v) is 7.66. The third kappa shape index (κ3) is 4.94. The van der Waals surface area contributed by atoms with E-state index in [1.165, 1.54) is 0 Å². The molecule has 1 unspecified atom stereocenters. The Hall–Kier alpha value is -3.97. The number of benzene rings is 2. The minimum atomic E-state index is -0.418. The van der Waals surface area contributed by atoms with Crippen molar-refractivity contribution in [3.05, 3.63) is 75.1 Å². The molecule has 10 heteroatoms. The standard InChI is InChI=1S/C29H29BrN8O/c1-29(2,3)15-34-25-17(11-31)13-32-26-21(25)9-18(10-22(26)30)35-27(23-14-38(37-36-23)19-7-8-19)20-6-4-5-16-12-33-28(39)24(16)20/h4-6,9-10,13-14,19,27,35H,7-8,12,15H2,1-3H3,(H,32,34)(H,33,39). The van der Waals surface area contributed by atoms with Crippen molar-refractivity contribution in [1.29, 1.82) is 5.26 Å². The molecule has 1 aliphatic heterocycles. The van der Waals surface area contributed by atoms with Crippen LogP contribution in [0.4, 0.5) is 11.4 Å². The van der Waals surface area contributed by atoms with Gasteiger partial charge in [-0.25, -0.2) is 4.68 Å². The van der Waals surface area contributed by atoms with Gasteiger partial charge >= 0.3 is 0 Å². The molecule has 1 amide bonds. The first kappa shape index (κ1) is 25.3. The summed E-state index contributed by atoms with van der Waals surface area (Å²) < 4.78 is 2.71. The summed E-state index contributed by atoms with van der Waals surface area (Å²) in [6.07, 6.45) is 5.78. The van der Waals surface area contributed by atoms with Crippen LogP contribution < -0.4 is 16.0 Å². The first-order valence-corrected chi connectivity index (χ1v) is 13.9. The number of nitriles is 1. The number of carbonyl (C=O) groups excluding carboxylic acids is 1. The van der Waals surface area contributed by atoms with Crippen LogP contribution in [0.1, 0.15) is 78.4 Å². The van der Waals surface area contributed by atoms with Crippen molar-refractivity contribution < 1.29 is 4.79 Å². The number of anilines is 2. The molecule has 6 rings (SSSR count). The van der Waals surface area contributed by atoms with Crippen LogP contribution in [0.5, 0.6) is 0 Å². The zero-order chi connectivity index (χ0) is 27.3. The van der Waals surface area contributed by atoms with Gasteiger partial charge in [0.25, 0.3) is 5.91 Å². The SMILES string of the molecule is CC(C)(C)CNc1c(C#N)cnc2c(Br)cc(NC(c3cn(C4CC4)nn3)c3cccc4c3C(=O)NC4)cc12. The Labute approximate surface area is 235 Å². The lowest BCUT2D eigenvalue weighted by Gasteiger charge is -2.23. The van der Waals surface area contributed by atoms with Crippen molar-refractivity contribution in [2.75, 3.05) is 17.2 Å².